The molecule has 0 spiro atoms. The Morgan fingerprint density at radius 1 is 0.783 bits per heavy atom. The van der Waals surface area contributed by atoms with Crippen molar-refractivity contribution in [3.63, 3.8) is 0 Å². The highest BCUT2D eigenvalue weighted by Crippen LogP contribution is 2.39. The van der Waals surface area contributed by atoms with Crippen LogP contribution in [-0.2, 0) is 38.8 Å². The monoisotopic (exact) mass is 639 g/mol. The standard InChI is InChI=1S/C36H38ClN5O4/c37-36-40-34(39-28-18-10-11-19-28)35-38-20-29(42(35)41-36)31-33(45-23-27-16-8-3-9-17-27)32(44-22-26-14-6-2-7-15-26)30(46-31)24-43-21-25-12-4-1-5-13-25/h1-9,12-17,20,28,30-33H,10-11,18-19,21-24H2,(H,39,40,41)/t30-,31?,32-,33+/m1/s1. The fraction of sp³-hybridized carbons (Fsp3) is 0.361. The molecule has 46 heavy (non-hydrogen) atoms. The summed E-state index contributed by atoms with van der Waals surface area (Å²) in [6.45, 7) is 1.56. The number of aromatic nitrogens is 4. The van der Waals surface area contributed by atoms with Crippen molar-refractivity contribution < 1.29 is 18.9 Å². The van der Waals surface area contributed by atoms with Gasteiger partial charge in [0.25, 0.3) is 0 Å². The van der Waals surface area contributed by atoms with Gasteiger partial charge < -0.3 is 24.3 Å². The predicted molar refractivity (Wildman–Crippen MR) is 175 cm³/mol. The van der Waals surface area contributed by atoms with Crippen LogP contribution in [0.5, 0.6) is 0 Å². The van der Waals surface area contributed by atoms with Gasteiger partial charge in [-0.15, -0.1) is 5.10 Å². The molecule has 1 N–H and O–H groups in total. The molecule has 1 saturated carbocycles. The summed E-state index contributed by atoms with van der Waals surface area (Å²) < 4.78 is 28.1. The van der Waals surface area contributed by atoms with Crippen molar-refractivity contribution in [2.24, 2.45) is 0 Å². The Morgan fingerprint density at radius 2 is 1.37 bits per heavy atom. The highest BCUT2D eigenvalue weighted by atomic mass is 35.5. The minimum Gasteiger partial charge on any atom is -0.374 e. The van der Waals surface area contributed by atoms with Crippen molar-refractivity contribution in [1.82, 2.24) is 19.6 Å². The molecule has 1 aliphatic heterocycles. The van der Waals surface area contributed by atoms with E-state index < -0.39 is 24.4 Å². The van der Waals surface area contributed by atoms with Crippen LogP contribution >= 0.6 is 11.6 Å². The van der Waals surface area contributed by atoms with E-state index in [2.05, 4.69) is 27.5 Å². The molecule has 10 heteroatoms. The topological polar surface area (TPSA) is 92.0 Å². The third-order valence-electron chi connectivity index (χ3n) is 8.62. The molecular weight excluding hydrogens is 602 g/mol. The molecule has 1 aliphatic carbocycles. The van der Waals surface area contributed by atoms with Gasteiger partial charge in [-0.1, -0.05) is 104 Å². The van der Waals surface area contributed by atoms with Crippen LogP contribution in [0.3, 0.4) is 0 Å². The zero-order valence-corrected chi connectivity index (χ0v) is 26.3. The molecule has 1 unspecified atom stereocenters. The minimum absolute atomic E-state index is 0.131. The van der Waals surface area contributed by atoms with Gasteiger partial charge in [0.1, 0.15) is 24.4 Å². The lowest BCUT2D eigenvalue weighted by molar-refractivity contribution is -0.0898. The molecule has 0 bridgehead atoms. The number of nitrogens with one attached hydrogen (secondary N) is 1. The van der Waals surface area contributed by atoms with E-state index in [0.29, 0.717) is 49.6 Å². The third-order valence-corrected chi connectivity index (χ3v) is 8.78. The Morgan fingerprint density at radius 3 is 2.00 bits per heavy atom. The maximum absolute atomic E-state index is 6.81. The molecule has 9 nitrogen and oxygen atoms in total. The number of nitrogens with zero attached hydrogens (tertiary/aromatic N) is 4. The molecule has 2 aliphatic rings. The number of ether oxygens (including phenoxy) is 4. The van der Waals surface area contributed by atoms with E-state index in [4.69, 9.17) is 35.5 Å². The molecule has 0 radical (unpaired) electrons. The summed E-state index contributed by atoms with van der Waals surface area (Å²) in [7, 11) is 0. The van der Waals surface area contributed by atoms with Crippen molar-refractivity contribution >= 4 is 23.1 Å². The second-order valence-electron chi connectivity index (χ2n) is 11.9. The predicted octanol–water partition coefficient (Wildman–Crippen LogP) is 6.96. The van der Waals surface area contributed by atoms with E-state index >= 15 is 0 Å². The smallest absolute Gasteiger partial charge is 0.243 e. The Bertz CT molecular complexity index is 1680. The largest absolute Gasteiger partial charge is 0.374 e. The second kappa shape index (κ2) is 14.7. The number of fused-ring (bicyclic) bond motifs is 1. The average Bonchev–Trinajstić information content (AvgIpc) is 3.84. The van der Waals surface area contributed by atoms with E-state index in [-0.39, 0.29) is 5.28 Å². The summed E-state index contributed by atoms with van der Waals surface area (Å²) >= 11 is 6.50. The Labute approximate surface area is 273 Å². The van der Waals surface area contributed by atoms with Crippen LogP contribution in [0.2, 0.25) is 5.28 Å². The van der Waals surface area contributed by atoms with E-state index in [1.165, 1.54) is 12.8 Å². The van der Waals surface area contributed by atoms with Gasteiger partial charge >= 0.3 is 0 Å². The molecular formula is C36H38ClN5O4. The Balaban J connectivity index is 1.20. The first kappa shape index (κ1) is 30.8. The van der Waals surface area contributed by atoms with Crippen LogP contribution in [-0.4, -0.2) is 50.5 Å². The van der Waals surface area contributed by atoms with E-state index in [9.17, 15) is 0 Å². The van der Waals surface area contributed by atoms with Crippen molar-refractivity contribution in [2.75, 3.05) is 11.9 Å². The maximum Gasteiger partial charge on any atom is 0.243 e. The summed E-state index contributed by atoms with van der Waals surface area (Å²) in [6, 6.07) is 30.7. The third kappa shape index (κ3) is 7.24. The number of hydrogen-bond acceptors (Lipinski definition) is 8. The highest BCUT2D eigenvalue weighted by Gasteiger charge is 2.48. The number of halogens is 1. The average molecular weight is 640 g/mol. The van der Waals surface area contributed by atoms with E-state index in [0.717, 1.165) is 29.5 Å². The van der Waals surface area contributed by atoms with Crippen LogP contribution in [0.4, 0.5) is 5.82 Å². The van der Waals surface area contributed by atoms with Crippen LogP contribution in [0.15, 0.2) is 97.2 Å². The normalized spacial score (nSPS) is 21.7. The van der Waals surface area contributed by atoms with Crippen molar-refractivity contribution in [1.29, 1.82) is 0 Å². The summed E-state index contributed by atoms with van der Waals surface area (Å²) in [4.78, 5) is 9.26. The van der Waals surface area contributed by atoms with Gasteiger partial charge in [0.05, 0.1) is 38.3 Å². The molecule has 5 aromatic rings. The fourth-order valence-corrected chi connectivity index (χ4v) is 6.47. The highest BCUT2D eigenvalue weighted by molar-refractivity contribution is 6.28. The Kier molecular flexibility index (Phi) is 9.84. The van der Waals surface area contributed by atoms with Gasteiger partial charge in [0.2, 0.25) is 5.28 Å². The molecule has 3 heterocycles. The number of benzene rings is 3. The van der Waals surface area contributed by atoms with Crippen LogP contribution in [0.1, 0.15) is 54.2 Å². The van der Waals surface area contributed by atoms with Crippen LogP contribution in [0, 0.1) is 0 Å². The Hall–Kier alpha value is -3.86. The second-order valence-corrected chi connectivity index (χ2v) is 12.2. The fourth-order valence-electron chi connectivity index (χ4n) is 6.31. The number of hydrogen-bond donors (Lipinski definition) is 1. The molecule has 2 aromatic heterocycles. The lowest BCUT2D eigenvalue weighted by Crippen LogP contribution is -2.38. The van der Waals surface area contributed by atoms with Crippen LogP contribution < -0.4 is 5.32 Å². The van der Waals surface area contributed by atoms with Gasteiger partial charge in [-0.2, -0.15) is 4.98 Å². The first-order valence-electron chi connectivity index (χ1n) is 16.0. The van der Waals surface area contributed by atoms with Crippen molar-refractivity contribution in [3.8, 4) is 0 Å². The van der Waals surface area contributed by atoms with Gasteiger partial charge in [-0.25, -0.2) is 9.50 Å². The zero-order chi connectivity index (χ0) is 31.1. The summed E-state index contributed by atoms with van der Waals surface area (Å²) in [5.41, 5.74) is 4.52. The quantitative estimate of drug-likeness (QED) is 0.148. The molecule has 0 amide bonds. The molecule has 2 fully saturated rings. The van der Waals surface area contributed by atoms with E-state index in [1.54, 1.807) is 10.7 Å². The lowest BCUT2D eigenvalue weighted by Gasteiger charge is -2.25. The number of imidazole rings is 1. The minimum atomic E-state index is -0.560. The van der Waals surface area contributed by atoms with E-state index in [1.807, 2.05) is 78.9 Å². The van der Waals surface area contributed by atoms with Crippen LogP contribution in [0.25, 0.3) is 5.65 Å². The van der Waals surface area contributed by atoms with Gasteiger partial charge in [-0.3, -0.25) is 0 Å². The van der Waals surface area contributed by atoms with Gasteiger partial charge in [0, 0.05) is 6.04 Å². The molecule has 3 aromatic carbocycles. The molecule has 238 valence electrons. The first-order valence-corrected chi connectivity index (χ1v) is 16.3. The number of anilines is 1. The summed E-state index contributed by atoms with van der Waals surface area (Å²) in [6.07, 6.45) is 4.44. The molecule has 7 rings (SSSR count). The summed E-state index contributed by atoms with van der Waals surface area (Å²) in [5.74, 6) is 0.623. The summed E-state index contributed by atoms with van der Waals surface area (Å²) in [5, 5.41) is 8.26. The van der Waals surface area contributed by atoms with Crippen molar-refractivity contribution in [3.05, 3.63) is 125 Å². The zero-order valence-electron chi connectivity index (χ0n) is 25.6. The number of rotatable bonds is 13. The lowest BCUT2D eigenvalue weighted by atomic mass is 10.0. The van der Waals surface area contributed by atoms with Crippen molar-refractivity contribution in [2.45, 2.75) is 76.0 Å². The molecule has 1 saturated heterocycles. The SMILES string of the molecule is Clc1nc(NC2CCCC2)c2ncc(C3O[C@H](COCc4ccccc4)[C@@H](OCc4ccccc4)[C@H]3OCc3ccccc3)n2n1. The maximum atomic E-state index is 6.81. The molecule has 4 atom stereocenters. The van der Waals surface area contributed by atoms with Gasteiger partial charge in [0.15, 0.2) is 11.5 Å². The first-order chi connectivity index (χ1) is 22.7. The van der Waals surface area contributed by atoms with Gasteiger partial charge in [-0.05, 0) is 41.1 Å².